The van der Waals surface area contributed by atoms with Crippen LogP contribution >= 0.6 is 11.6 Å². The summed E-state index contributed by atoms with van der Waals surface area (Å²) < 4.78 is 18.6. The molecule has 1 atom stereocenters. The van der Waals surface area contributed by atoms with Crippen LogP contribution < -0.4 is 5.43 Å². The number of aliphatic hydroxyl groups is 1. The van der Waals surface area contributed by atoms with E-state index in [4.69, 9.17) is 16.7 Å². The highest BCUT2D eigenvalue weighted by Crippen LogP contribution is 2.26. The van der Waals surface area contributed by atoms with E-state index in [9.17, 15) is 23.9 Å². The summed E-state index contributed by atoms with van der Waals surface area (Å²) in [5.41, 5.74) is 3.69. The lowest BCUT2D eigenvalue weighted by Gasteiger charge is -2.24. The van der Waals surface area contributed by atoms with Gasteiger partial charge in [-0.15, -0.1) is 0 Å². The van der Waals surface area contributed by atoms with Crippen molar-refractivity contribution >= 4 is 29.4 Å². The van der Waals surface area contributed by atoms with Gasteiger partial charge in [-0.2, -0.15) is 0 Å². The summed E-state index contributed by atoms with van der Waals surface area (Å²) in [6.45, 7) is 1.01. The fourth-order valence-corrected chi connectivity index (χ4v) is 2.72. The van der Waals surface area contributed by atoms with Gasteiger partial charge in [-0.3, -0.25) is 10.2 Å². The zero-order valence-electron chi connectivity index (χ0n) is 16.0. The van der Waals surface area contributed by atoms with Crippen molar-refractivity contribution in [1.29, 1.82) is 0 Å². The lowest BCUT2D eigenvalue weighted by Crippen LogP contribution is -2.49. The van der Waals surface area contributed by atoms with Gasteiger partial charge in [0.1, 0.15) is 5.82 Å². The van der Waals surface area contributed by atoms with E-state index in [0.29, 0.717) is 21.7 Å². The number of carboxylic acids is 1. The molecular formula is C20H20ClFN2O6. The van der Waals surface area contributed by atoms with Crippen molar-refractivity contribution in [3.8, 4) is 11.1 Å². The Bertz CT molecular complexity index is 922. The molecule has 2 aromatic carbocycles. The Labute approximate surface area is 176 Å². The van der Waals surface area contributed by atoms with Crippen molar-refractivity contribution in [2.24, 2.45) is 0 Å². The number of rotatable bonds is 8. The SMILES string of the molecule is CCOC(=O)C(=O)NN(Cc1ccc(-c2cc(Cl)ccc2F)cc1)C[C@@H](O)C(=O)O. The van der Waals surface area contributed by atoms with Crippen LogP contribution in [0.2, 0.25) is 5.02 Å². The Morgan fingerprint density at radius 3 is 2.47 bits per heavy atom. The normalized spacial score (nSPS) is 11.8. The molecule has 3 N–H and O–H groups in total. The van der Waals surface area contributed by atoms with E-state index in [1.165, 1.54) is 25.1 Å². The van der Waals surface area contributed by atoms with Crippen molar-refractivity contribution in [2.45, 2.75) is 19.6 Å². The minimum atomic E-state index is -1.80. The van der Waals surface area contributed by atoms with Crippen LogP contribution in [0.15, 0.2) is 42.5 Å². The number of esters is 1. The number of aliphatic hydroxyl groups excluding tert-OH is 1. The number of nitrogens with one attached hydrogen (secondary N) is 1. The molecular weight excluding hydrogens is 419 g/mol. The molecule has 0 saturated carbocycles. The van der Waals surface area contributed by atoms with Gasteiger partial charge in [-0.25, -0.2) is 19.0 Å². The summed E-state index contributed by atoms with van der Waals surface area (Å²) in [5, 5.41) is 20.0. The van der Waals surface area contributed by atoms with Crippen molar-refractivity contribution in [2.75, 3.05) is 13.2 Å². The molecule has 0 aliphatic heterocycles. The van der Waals surface area contributed by atoms with E-state index in [0.717, 1.165) is 5.01 Å². The first-order valence-electron chi connectivity index (χ1n) is 8.89. The Kier molecular flexibility index (Phi) is 8.28. The summed E-state index contributed by atoms with van der Waals surface area (Å²) in [5.74, 6) is -4.18. The molecule has 10 heteroatoms. The minimum absolute atomic E-state index is 0.00840. The van der Waals surface area contributed by atoms with Crippen LogP contribution in [0.1, 0.15) is 12.5 Å². The molecule has 0 spiro atoms. The van der Waals surface area contributed by atoms with E-state index in [1.807, 2.05) is 0 Å². The van der Waals surface area contributed by atoms with Crippen LogP contribution in [0.3, 0.4) is 0 Å². The fraction of sp³-hybridized carbons (Fsp3) is 0.250. The third-order valence-electron chi connectivity index (χ3n) is 3.97. The molecule has 0 aromatic heterocycles. The van der Waals surface area contributed by atoms with Crippen LogP contribution in [-0.2, 0) is 25.7 Å². The Morgan fingerprint density at radius 1 is 1.20 bits per heavy atom. The second-order valence-corrected chi connectivity index (χ2v) is 6.65. The van der Waals surface area contributed by atoms with Gasteiger partial charge >= 0.3 is 17.8 Å². The van der Waals surface area contributed by atoms with Crippen molar-refractivity contribution in [1.82, 2.24) is 10.4 Å². The maximum Gasteiger partial charge on any atom is 0.398 e. The third kappa shape index (κ3) is 6.51. The number of aliphatic carboxylic acids is 1. The van der Waals surface area contributed by atoms with Crippen molar-refractivity contribution in [3.63, 3.8) is 0 Å². The standard InChI is InChI=1S/C20H20ClFN2O6/c1-2-30-20(29)18(26)23-24(11-17(25)19(27)28)10-12-3-5-13(6-4-12)15-9-14(21)7-8-16(15)22/h3-9,17,25H,2,10-11H2,1H3,(H,23,26)(H,27,28)/t17-/m1/s1. The first-order chi connectivity index (χ1) is 14.2. The molecule has 0 heterocycles. The van der Waals surface area contributed by atoms with Crippen LogP contribution in [-0.4, -0.2) is 52.3 Å². The second kappa shape index (κ2) is 10.7. The summed E-state index contributed by atoms with van der Waals surface area (Å²) in [7, 11) is 0. The van der Waals surface area contributed by atoms with Crippen LogP contribution in [0, 0.1) is 5.82 Å². The number of carboxylic acid groups (broad SMARTS) is 1. The highest BCUT2D eigenvalue weighted by atomic mass is 35.5. The van der Waals surface area contributed by atoms with Crippen LogP contribution in [0.25, 0.3) is 11.1 Å². The number of nitrogens with zero attached hydrogens (tertiary/aromatic N) is 1. The highest BCUT2D eigenvalue weighted by molar-refractivity contribution is 6.32. The van der Waals surface area contributed by atoms with Gasteiger partial charge < -0.3 is 14.9 Å². The number of ether oxygens (including phenoxy) is 1. The number of benzene rings is 2. The van der Waals surface area contributed by atoms with E-state index in [-0.39, 0.29) is 13.2 Å². The van der Waals surface area contributed by atoms with Crippen LogP contribution in [0.4, 0.5) is 4.39 Å². The van der Waals surface area contributed by atoms with Gasteiger partial charge in [-0.05, 0) is 36.2 Å². The molecule has 0 aliphatic carbocycles. The minimum Gasteiger partial charge on any atom is -0.479 e. The number of hydrazine groups is 1. The largest absolute Gasteiger partial charge is 0.479 e. The van der Waals surface area contributed by atoms with Gasteiger partial charge in [0.05, 0.1) is 13.2 Å². The van der Waals surface area contributed by atoms with Crippen LogP contribution in [0.5, 0.6) is 0 Å². The molecule has 0 bridgehead atoms. The summed E-state index contributed by atoms with van der Waals surface area (Å²) >= 11 is 5.91. The van der Waals surface area contributed by atoms with Gasteiger partial charge in [0.15, 0.2) is 6.10 Å². The number of halogens is 2. The predicted molar refractivity (Wildman–Crippen MR) is 106 cm³/mol. The topological polar surface area (TPSA) is 116 Å². The molecule has 0 fully saturated rings. The van der Waals surface area contributed by atoms with E-state index in [2.05, 4.69) is 10.2 Å². The van der Waals surface area contributed by atoms with Crippen molar-refractivity contribution < 1.29 is 33.7 Å². The Morgan fingerprint density at radius 2 is 1.87 bits per heavy atom. The molecule has 2 aromatic rings. The lowest BCUT2D eigenvalue weighted by atomic mass is 10.0. The molecule has 160 valence electrons. The first kappa shape index (κ1) is 23.3. The number of carbonyl (C=O) groups is 3. The van der Waals surface area contributed by atoms with E-state index in [1.54, 1.807) is 24.3 Å². The molecule has 0 saturated heterocycles. The Hall–Kier alpha value is -3.01. The third-order valence-corrected chi connectivity index (χ3v) is 4.20. The fourth-order valence-electron chi connectivity index (χ4n) is 2.55. The van der Waals surface area contributed by atoms with Gasteiger partial charge in [0.2, 0.25) is 0 Å². The first-order valence-corrected chi connectivity index (χ1v) is 9.27. The molecule has 30 heavy (non-hydrogen) atoms. The maximum absolute atomic E-state index is 14.0. The predicted octanol–water partition coefficient (Wildman–Crippen LogP) is 1.99. The Balaban J connectivity index is 2.17. The monoisotopic (exact) mass is 438 g/mol. The zero-order chi connectivity index (χ0) is 22.3. The second-order valence-electron chi connectivity index (χ2n) is 6.22. The maximum atomic E-state index is 14.0. The molecule has 8 nitrogen and oxygen atoms in total. The number of carbonyl (C=O) groups excluding carboxylic acids is 2. The molecule has 1 amide bonds. The summed E-state index contributed by atoms with van der Waals surface area (Å²) in [6, 6.07) is 10.7. The van der Waals surface area contributed by atoms with E-state index >= 15 is 0 Å². The van der Waals surface area contributed by atoms with Gasteiger partial charge in [-0.1, -0.05) is 35.9 Å². The zero-order valence-corrected chi connectivity index (χ0v) is 16.7. The molecule has 2 rings (SSSR count). The number of hydrogen-bond acceptors (Lipinski definition) is 6. The van der Waals surface area contributed by atoms with Gasteiger partial charge in [0.25, 0.3) is 0 Å². The highest BCUT2D eigenvalue weighted by Gasteiger charge is 2.23. The lowest BCUT2D eigenvalue weighted by molar-refractivity contribution is -0.158. The quantitative estimate of drug-likeness (QED) is 0.328. The average Bonchev–Trinajstić information content (AvgIpc) is 2.70. The smallest absolute Gasteiger partial charge is 0.398 e. The molecule has 0 unspecified atom stereocenters. The van der Waals surface area contributed by atoms with E-state index < -0.39 is 36.3 Å². The van der Waals surface area contributed by atoms with Crippen molar-refractivity contribution in [3.05, 3.63) is 58.9 Å². The average molecular weight is 439 g/mol. The molecule has 0 radical (unpaired) electrons. The summed E-state index contributed by atoms with van der Waals surface area (Å²) in [6.07, 6.45) is -1.80. The number of amides is 1. The number of hydrogen-bond donors (Lipinski definition) is 3. The van der Waals surface area contributed by atoms with Gasteiger partial charge in [0, 0.05) is 17.1 Å². The molecule has 0 aliphatic rings. The summed E-state index contributed by atoms with van der Waals surface area (Å²) in [4.78, 5) is 34.4.